The Balaban J connectivity index is 4.46. The topological polar surface area (TPSA) is 9.23 Å². The van der Waals surface area contributed by atoms with Gasteiger partial charge in [0.15, 0.2) is 0 Å². The zero-order valence-corrected chi connectivity index (χ0v) is 6.74. The van der Waals surface area contributed by atoms with E-state index in [0.717, 1.165) is 12.2 Å². The minimum absolute atomic E-state index is 0.327. The molecule has 0 atom stereocenters. The monoisotopic (exact) mass is 198 g/mol. The highest BCUT2D eigenvalue weighted by Crippen LogP contribution is 2.25. The Morgan fingerprint density at radius 2 is 1.92 bits per heavy atom. The first-order valence-corrected chi connectivity index (χ1v) is 3.18. The molecule has 0 radical (unpaired) electrons. The lowest BCUT2D eigenvalue weighted by Gasteiger charge is -2.10. The second-order valence-electron chi connectivity index (χ2n) is 1.72. The molecular weight excluding hydrogens is 193 g/mol. The second kappa shape index (κ2) is 4.21. The summed E-state index contributed by atoms with van der Waals surface area (Å²) in [6.07, 6.45) is -2.66. The van der Waals surface area contributed by atoms with Gasteiger partial charge in [-0.15, -0.1) is 13.2 Å². The van der Waals surface area contributed by atoms with E-state index in [2.05, 4.69) is 17.9 Å². The molecule has 0 amide bonds. The molecular formula is C7H6ClF3O. The molecule has 0 aliphatic heterocycles. The van der Waals surface area contributed by atoms with Gasteiger partial charge in [-0.1, -0.05) is 30.8 Å². The van der Waals surface area contributed by atoms with E-state index in [-0.39, 0.29) is 5.03 Å². The standard InChI is InChI=1S/C7H6ClF3O/c1-3-4-6(5(2)8)12-7(9,10)11/h3-4H,1-2H2/b6-4+. The molecule has 0 aromatic carbocycles. The molecule has 0 aromatic rings. The lowest BCUT2D eigenvalue weighted by atomic mass is 10.4. The van der Waals surface area contributed by atoms with Gasteiger partial charge in [0.25, 0.3) is 0 Å². The Morgan fingerprint density at radius 1 is 1.42 bits per heavy atom. The molecule has 0 saturated heterocycles. The van der Waals surface area contributed by atoms with Gasteiger partial charge < -0.3 is 4.74 Å². The van der Waals surface area contributed by atoms with Gasteiger partial charge >= 0.3 is 6.36 Å². The van der Waals surface area contributed by atoms with Crippen LogP contribution in [0.1, 0.15) is 0 Å². The van der Waals surface area contributed by atoms with Crippen LogP contribution in [-0.4, -0.2) is 6.36 Å². The van der Waals surface area contributed by atoms with Crippen molar-refractivity contribution in [3.8, 4) is 0 Å². The SMILES string of the molecule is C=C/C=C(/OC(F)(F)F)C(=C)Cl. The molecule has 0 spiro atoms. The highest BCUT2D eigenvalue weighted by Gasteiger charge is 2.32. The summed E-state index contributed by atoms with van der Waals surface area (Å²) in [5.41, 5.74) is 0. The predicted molar refractivity (Wildman–Crippen MR) is 40.4 cm³/mol. The highest BCUT2D eigenvalue weighted by molar-refractivity contribution is 6.31. The van der Waals surface area contributed by atoms with E-state index in [1.165, 1.54) is 0 Å². The molecule has 0 aromatic heterocycles. The van der Waals surface area contributed by atoms with Gasteiger partial charge in [0, 0.05) is 0 Å². The van der Waals surface area contributed by atoms with Crippen molar-refractivity contribution in [2.75, 3.05) is 0 Å². The largest absolute Gasteiger partial charge is 0.573 e. The average Bonchev–Trinajstić information content (AvgIpc) is 1.83. The van der Waals surface area contributed by atoms with E-state index in [4.69, 9.17) is 11.6 Å². The Bertz CT molecular complexity index is 217. The predicted octanol–water partition coefficient (Wildman–Crippen LogP) is 3.35. The van der Waals surface area contributed by atoms with Crippen LogP contribution < -0.4 is 0 Å². The van der Waals surface area contributed by atoms with Crippen LogP contribution in [0.3, 0.4) is 0 Å². The van der Waals surface area contributed by atoms with Crippen molar-refractivity contribution in [3.05, 3.63) is 36.1 Å². The van der Waals surface area contributed by atoms with Crippen LogP contribution in [0.5, 0.6) is 0 Å². The molecule has 0 unspecified atom stereocenters. The van der Waals surface area contributed by atoms with Crippen molar-refractivity contribution >= 4 is 11.6 Å². The first-order chi connectivity index (χ1) is 5.37. The van der Waals surface area contributed by atoms with Gasteiger partial charge in [0.05, 0.1) is 5.03 Å². The third-order valence-electron chi connectivity index (χ3n) is 0.762. The van der Waals surface area contributed by atoms with Crippen LogP contribution in [0.25, 0.3) is 0 Å². The van der Waals surface area contributed by atoms with Crippen molar-refractivity contribution in [3.63, 3.8) is 0 Å². The summed E-state index contributed by atoms with van der Waals surface area (Å²) in [7, 11) is 0. The van der Waals surface area contributed by atoms with Gasteiger partial charge in [0.2, 0.25) is 0 Å². The summed E-state index contributed by atoms with van der Waals surface area (Å²) in [4.78, 5) is 0. The third kappa shape index (κ3) is 4.85. The summed E-state index contributed by atoms with van der Waals surface area (Å²) in [6.45, 7) is 6.27. The third-order valence-corrected chi connectivity index (χ3v) is 0.949. The van der Waals surface area contributed by atoms with Crippen molar-refractivity contribution in [2.24, 2.45) is 0 Å². The molecule has 5 heteroatoms. The van der Waals surface area contributed by atoms with Crippen LogP contribution in [0, 0.1) is 0 Å². The van der Waals surface area contributed by atoms with Gasteiger partial charge in [-0.3, -0.25) is 0 Å². The van der Waals surface area contributed by atoms with E-state index >= 15 is 0 Å². The van der Waals surface area contributed by atoms with Gasteiger partial charge in [-0.05, 0) is 6.08 Å². The minimum atomic E-state index is -4.76. The van der Waals surface area contributed by atoms with Gasteiger partial charge in [0.1, 0.15) is 5.76 Å². The first-order valence-electron chi connectivity index (χ1n) is 2.80. The van der Waals surface area contributed by atoms with Crippen molar-refractivity contribution in [1.82, 2.24) is 0 Å². The smallest absolute Gasteiger partial charge is 0.404 e. The Labute approximate surface area is 72.8 Å². The summed E-state index contributed by atoms with van der Waals surface area (Å²) < 4.78 is 38.3. The van der Waals surface area contributed by atoms with Crippen LogP contribution >= 0.6 is 11.6 Å². The molecule has 0 aliphatic carbocycles. The Morgan fingerprint density at radius 3 is 2.17 bits per heavy atom. The summed E-state index contributed by atoms with van der Waals surface area (Å²) in [5.74, 6) is -0.556. The van der Waals surface area contributed by atoms with E-state index in [0.29, 0.717) is 0 Å². The quantitative estimate of drug-likeness (QED) is 0.499. The fourth-order valence-electron chi connectivity index (χ4n) is 0.412. The van der Waals surface area contributed by atoms with Gasteiger partial charge in [-0.2, -0.15) is 0 Å². The van der Waals surface area contributed by atoms with E-state index in [9.17, 15) is 13.2 Å². The van der Waals surface area contributed by atoms with Crippen molar-refractivity contribution in [2.45, 2.75) is 6.36 Å². The summed E-state index contributed by atoms with van der Waals surface area (Å²) in [6, 6.07) is 0. The van der Waals surface area contributed by atoms with E-state index in [1.807, 2.05) is 0 Å². The number of hydrogen-bond acceptors (Lipinski definition) is 1. The highest BCUT2D eigenvalue weighted by atomic mass is 35.5. The fraction of sp³-hybridized carbons (Fsp3) is 0.143. The maximum absolute atomic E-state index is 11.6. The first kappa shape index (κ1) is 11.1. The van der Waals surface area contributed by atoms with Crippen molar-refractivity contribution < 1.29 is 17.9 Å². The molecule has 0 bridgehead atoms. The summed E-state index contributed by atoms with van der Waals surface area (Å²) >= 11 is 5.19. The van der Waals surface area contributed by atoms with Crippen LogP contribution in [-0.2, 0) is 4.74 Å². The van der Waals surface area contributed by atoms with E-state index in [1.54, 1.807) is 0 Å². The molecule has 0 saturated carbocycles. The van der Waals surface area contributed by atoms with Crippen LogP contribution in [0.15, 0.2) is 36.1 Å². The molecule has 0 heterocycles. The average molecular weight is 199 g/mol. The zero-order valence-electron chi connectivity index (χ0n) is 5.99. The van der Waals surface area contributed by atoms with E-state index < -0.39 is 12.1 Å². The molecule has 0 N–H and O–H groups in total. The molecule has 1 nitrogen and oxygen atoms in total. The fourth-order valence-corrected chi connectivity index (χ4v) is 0.513. The molecule has 68 valence electrons. The lowest BCUT2D eigenvalue weighted by Crippen LogP contribution is -2.12. The molecule has 12 heavy (non-hydrogen) atoms. The number of allylic oxidation sites excluding steroid dienone is 3. The lowest BCUT2D eigenvalue weighted by molar-refractivity contribution is -0.303. The Hall–Kier alpha value is -0.900. The minimum Gasteiger partial charge on any atom is -0.404 e. The van der Waals surface area contributed by atoms with Crippen LogP contribution in [0.4, 0.5) is 13.2 Å². The normalized spacial score (nSPS) is 12.5. The number of hydrogen-bond donors (Lipinski definition) is 0. The Kier molecular flexibility index (Phi) is 3.89. The van der Waals surface area contributed by atoms with Gasteiger partial charge in [-0.25, -0.2) is 0 Å². The summed E-state index contributed by atoms with van der Waals surface area (Å²) in [5, 5.41) is -0.327. The zero-order chi connectivity index (χ0) is 9.78. The molecule has 0 rings (SSSR count). The van der Waals surface area contributed by atoms with Crippen LogP contribution in [0.2, 0.25) is 0 Å². The maximum atomic E-state index is 11.6. The van der Waals surface area contributed by atoms with Crippen molar-refractivity contribution in [1.29, 1.82) is 0 Å². The number of halogens is 4. The second-order valence-corrected chi connectivity index (χ2v) is 2.18. The maximum Gasteiger partial charge on any atom is 0.573 e. The number of alkyl halides is 3. The molecule has 0 fully saturated rings. The number of ether oxygens (including phenoxy) is 1. The number of rotatable bonds is 3. The molecule has 0 aliphatic rings.